The van der Waals surface area contributed by atoms with Crippen molar-refractivity contribution in [1.29, 1.82) is 0 Å². The van der Waals surface area contributed by atoms with Crippen LogP contribution in [-0.4, -0.2) is 31.6 Å². The van der Waals surface area contributed by atoms with Crippen molar-refractivity contribution in [2.45, 2.75) is 27.2 Å². The number of rotatable bonds is 10. The maximum atomic E-state index is 12.3. The lowest BCUT2D eigenvalue weighted by molar-refractivity contribution is -0.111. The molecule has 0 radical (unpaired) electrons. The van der Waals surface area contributed by atoms with Gasteiger partial charge in [0.05, 0.1) is 23.8 Å². The molecule has 0 saturated heterocycles. The fraction of sp³-hybridized carbons (Fsp3) is 0.304. The second kappa shape index (κ2) is 11.9. The van der Waals surface area contributed by atoms with Gasteiger partial charge in [0.15, 0.2) is 11.5 Å². The molecule has 0 aliphatic heterocycles. The van der Waals surface area contributed by atoms with Crippen molar-refractivity contribution in [1.82, 2.24) is 5.32 Å². The van der Waals surface area contributed by atoms with Crippen LogP contribution in [0.1, 0.15) is 43.1 Å². The average Bonchev–Trinajstić information content (AvgIpc) is 2.72. The first-order chi connectivity index (χ1) is 14.5. The first kappa shape index (κ1) is 23.3. The number of hydrogen-bond donors (Lipinski definition) is 2. The molecule has 0 aliphatic carbocycles. The predicted molar refractivity (Wildman–Crippen MR) is 121 cm³/mol. The van der Waals surface area contributed by atoms with Gasteiger partial charge in [-0.15, -0.1) is 0 Å². The maximum Gasteiger partial charge on any atom is 0.252 e. The molecule has 2 N–H and O–H groups in total. The third kappa shape index (κ3) is 6.81. The molecule has 0 heterocycles. The summed E-state index contributed by atoms with van der Waals surface area (Å²) in [4.78, 5) is 24.3. The topological polar surface area (TPSA) is 76.7 Å². The lowest BCUT2D eigenvalue weighted by Gasteiger charge is -2.11. The van der Waals surface area contributed by atoms with Crippen molar-refractivity contribution >= 4 is 35.2 Å². The lowest BCUT2D eigenvalue weighted by Crippen LogP contribution is -2.24. The van der Waals surface area contributed by atoms with Crippen molar-refractivity contribution in [2.24, 2.45) is 0 Å². The summed E-state index contributed by atoms with van der Waals surface area (Å²) in [6, 6.07) is 10.3. The molecular weight excluding hydrogens is 404 g/mol. The zero-order valence-corrected chi connectivity index (χ0v) is 18.2. The van der Waals surface area contributed by atoms with Crippen molar-refractivity contribution in [3.8, 4) is 11.5 Å². The van der Waals surface area contributed by atoms with Gasteiger partial charge < -0.3 is 20.1 Å². The fourth-order valence-corrected chi connectivity index (χ4v) is 2.90. The minimum Gasteiger partial charge on any atom is -0.490 e. The van der Waals surface area contributed by atoms with Gasteiger partial charge in [-0.05, 0) is 62.2 Å². The second-order valence-corrected chi connectivity index (χ2v) is 6.75. The van der Waals surface area contributed by atoms with E-state index in [0.717, 1.165) is 12.0 Å². The Morgan fingerprint density at radius 2 is 1.73 bits per heavy atom. The Morgan fingerprint density at radius 1 is 1.00 bits per heavy atom. The summed E-state index contributed by atoms with van der Waals surface area (Å²) in [5, 5.41) is 5.78. The number of benzene rings is 2. The number of nitrogens with one attached hydrogen (secondary N) is 2. The molecule has 0 fully saturated rings. The molecule has 2 aromatic rings. The van der Waals surface area contributed by atoms with Crippen LogP contribution in [0.4, 0.5) is 5.69 Å². The molecule has 0 saturated carbocycles. The van der Waals surface area contributed by atoms with Crippen LogP contribution in [0.2, 0.25) is 5.02 Å². The van der Waals surface area contributed by atoms with Crippen LogP contribution in [0.15, 0.2) is 42.5 Å². The number of halogens is 1. The summed E-state index contributed by atoms with van der Waals surface area (Å²) in [5.74, 6) is 0.741. The average molecular weight is 431 g/mol. The van der Waals surface area contributed by atoms with E-state index in [0.29, 0.717) is 42.5 Å². The van der Waals surface area contributed by atoms with Crippen LogP contribution in [0, 0.1) is 0 Å². The zero-order chi connectivity index (χ0) is 21.9. The Bertz CT molecular complexity index is 912. The van der Waals surface area contributed by atoms with E-state index < -0.39 is 0 Å². The first-order valence-electron chi connectivity index (χ1n) is 9.94. The monoisotopic (exact) mass is 430 g/mol. The van der Waals surface area contributed by atoms with E-state index in [4.69, 9.17) is 21.1 Å². The third-order valence-corrected chi connectivity index (χ3v) is 4.32. The highest BCUT2D eigenvalue weighted by atomic mass is 35.5. The molecule has 160 valence electrons. The number of hydrogen-bond acceptors (Lipinski definition) is 4. The normalized spacial score (nSPS) is 10.7. The van der Waals surface area contributed by atoms with Crippen molar-refractivity contribution < 1.29 is 19.1 Å². The van der Waals surface area contributed by atoms with Gasteiger partial charge in [-0.3, -0.25) is 9.59 Å². The molecule has 0 spiro atoms. The quantitative estimate of drug-likeness (QED) is 0.524. The summed E-state index contributed by atoms with van der Waals surface area (Å²) >= 11 is 6.19. The summed E-state index contributed by atoms with van der Waals surface area (Å²) < 4.78 is 11.1. The number of ether oxygens (including phenoxy) is 2. The van der Waals surface area contributed by atoms with E-state index in [1.54, 1.807) is 24.3 Å². The summed E-state index contributed by atoms with van der Waals surface area (Å²) in [6.07, 6.45) is 3.94. The smallest absolute Gasteiger partial charge is 0.252 e. The molecular formula is C23H27ClN2O4. The molecule has 0 atom stereocenters. The van der Waals surface area contributed by atoms with Gasteiger partial charge in [-0.1, -0.05) is 24.6 Å². The first-order valence-corrected chi connectivity index (χ1v) is 10.3. The SMILES string of the molecule is CCCNC(=O)c1ccc(NC(=O)/C=C/c2ccc(OCC)c(OCC)c2)cc1Cl. The van der Waals surface area contributed by atoms with Gasteiger partial charge in [0.2, 0.25) is 5.91 Å². The van der Waals surface area contributed by atoms with E-state index in [9.17, 15) is 9.59 Å². The van der Waals surface area contributed by atoms with Gasteiger partial charge in [0.1, 0.15) is 0 Å². The van der Waals surface area contributed by atoms with E-state index in [1.807, 2.05) is 39.0 Å². The van der Waals surface area contributed by atoms with E-state index >= 15 is 0 Å². The number of carbonyl (C=O) groups excluding carboxylic acids is 2. The molecule has 0 unspecified atom stereocenters. The van der Waals surface area contributed by atoms with Gasteiger partial charge >= 0.3 is 0 Å². The standard InChI is InChI=1S/C23H27ClN2O4/c1-4-13-25-23(28)18-10-9-17(15-19(18)24)26-22(27)12-8-16-7-11-20(29-5-2)21(14-16)30-6-3/h7-12,14-15H,4-6,13H2,1-3H3,(H,25,28)(H,26,27)/b12-8+. The van der Waals surface area contributed by atoms with E-state index in [-0.39, 0.29) is 16.8 Å². The zero-order valence-electron chi connectivity index (χ0n) is 17.5. The molecule has 2 aromatic carbocycles. The Morgan fingerprint density at radius 3 is 2.40 bits per heavy atom. The van der Waals surface area contributed by atoms with Crippen molar-refractivity contribution in [3.63, 3.8) is 0 Å². The fourth-order valence-electron chi connectivity index (χ4n) is 2.64. The van der Waals surface area contributed by atoms with Gasteiger partial charge in [-0.25, -0.2) is 0 Å². The van der Waals surface area contributed by atoms with Gasteiger partial charge in [0, 0.05) is 18.3 Å². The Labute approximate surface area is 182 Å². The highest BCUT2D eigenvalue weighted by Gasteiger charge is 2.11. The Balaban J connectivity index is 2.04. The van der Waals surface area contributed by atoms with Crippen LogP contribution in [-0.2, 0) is 4.79 Å². The molecule has 6 nitrogen and oxygen atoms in total. The molecule has 30 heavy (non-hydrogen) atoms. The second-order valence-electron chi connectivity index (χ2n) is 6.35. The molecule has 0 aliphatic rings. The highest BCUT2D eigenvalue weighted by Crippen LogP contribution is 2.29. The summed E-state index contributed by atoms with van der Waals surface area (Å²) in [6.45, 7) is 7.41. The number of carbonyl (C=O) groups is 2. The molecule has 2 amide bonds. The van der Waals surface area contributed by atoms with Crippen LogP contribution in [0.5, 0.6) is 11.5 Å². The number of amides is 2. The van der Waals surface area contributed by atoms with E-state index in [2.05, 4.69) is 10.6 Å². The van der Waals surface area contributed by atoms with Crippen LogP contribution >= 0.6 is 11.6 Å². The summed E-state index contributed by atoms with van der Waals surface area (Å²) in [7, 11) is 0. The van der Waals surface area contributed by atoms with Gasteiger partial charge in [0.25, 0.3) is 5.91 Å². The lowest BCUT2D eigenvalue weighted by atomic mass is 10.1. The van der Waals surface area contributed by atoms with Gasteiger partial charge in [-0.2, -0.15) is 0 Å². The van der Waals surface area contributed by atoms with Crippen LogP contribution in [0.3, 0.4) is 0 Å². The molecule has 2 rings (SSSR count). The molecule has 0 aromatic heterocycles. The third-order valence-electron chi connectivity index (χ3n) is 4.01. The minimum atomic E-state index is -0.318. The summed E-state index contributed by atoms with van der Waals surface area (Å²) in [5.41, 5.74) is 1.68. The van der Waals surface area contributed by atoms with E-state index in [1.165, 1.54) is 6.08 Å². The Kier molecular flexibility index (Phi) is 9.22. The highest BCUT2D eigenvalue weighted by molar-refractivity contribution is 6.34. The Hall–Kier alpha value is -2.99. The molecule has 0 bridgehead atoms. The van der Waals surface area contributed by atoms with Crippen LogP contribution < -0.4 is 20.1 Å². The minimum absolute atomic E-state index is 0.236. The molecule has 7 heteroatoms. The largest absolute Gasteiger partial charge is 0.490 e. The maximum absolute atomic E-state index is 12.3. The van der Waals surface area contributed by atoms with Crippen LogP contribution in [0.25, 0.3) is 6.08 Å². The van der Waals surface area contributed by atoms with Crippen molar-refractivity contribution in [2.75, 3.05) is 25.1 Å². The number of anilines is 1. The predicted octanol–water partition coefficient (Wildman–Crippen LogP) is 4.93. The van der Waals surface area contributed by atoms with Crippen molar-refractivity contribution in [3.05, 3.63) is 58.6 Å².